The third-order valence-electron chi connectivity index (χ3n) is 6.24. The summed E-state index contributed by atoms with van der Waals surface area (Å²) in [5, 5.41) is 23.3. The Morgan fingerprint density at radius 3 is 1.89 bits per heavy atom. The van der Waals surface area contributed by atoms with Gasteiger partial charge in [-0.15, -0.1) is 0 Å². The number of carbonyl (C=O) groups excluding carboxylic acids is 3. The average Bonchev–Trinajstić information content (AvgIpc) is 3.44. The molecule has 1 aromatic heterocycles. The van der Waals surface area contributed by atoms with Crippen molar-refractivity contribution in [1.82, 2.24) is 15.0 Å². The zero-order chi connectivity index (χ0) is 26.2. The summed E-state index contributed by atoms with van der Waals surface area (Å²) < 4.78 is 0. The minimum Gasteiger partial charge on any atom is -0.545 e. The van der Waals surface area contributed by atoms with Crippen LogP contribution in [0.25, 0.3) is 0 Å². The van der Waals surface area contributed by atoms with Crippen LogP contribution in [0.1, 0.15) is 27.0 Å². The molecule has 0 radical (unpaired) electrons. The second kappa shape index (κ2) is 9.28. The van der Waals surface area contributed by atoms with E-state index in [-0.39, 0.29) is 35.1 Å². The molecule has 0 saturated heterocycles. The summed E-state index contributed by atoms with van der Waals surface area (Å²) >= 11 is 0. The molecule has 2 heterocycles. The van der Waals surface area contributed by atoms with E-state index in [1.165, 1.54) is 12.1 Å². The number of amides is 1. The van der Waals surface area contributed by atoms with Crippen LogP contribution in [-0.2, 0) is 28.9 Å². The highest BCUT2D eigenvalue weighted by molar-refractivity contribution is 5.99. The van der Waals surface area contributed by atoms with Gasteiger partial charge < -0.3 is 31.2 Å². The lowest BCUT2D eigenvalue weighted by molar-refractivity contribution is -0.255. The minimum absolute atomic E-state index is 0.0515. The van der Waals surface area contributed by atoms with E-state index in [1.807, 2.05) is 36.4 Å². The third kappa shape index (κ3) is 4.85. The van der Waals surface area contributed by atoms with E-state index in [1.54, 1.807) is 12.1 Å². The number of carboxylic acids is 1. The predicted molar refractivity (Wildman–Crippen MR) is 138 cm³/mol. The van der Waals surface area contributed by atoms with Crippen LogP contribution in [0.4, 0.5) is 40.6 Å². The Hall–Kier alpha value is -5.32. The molecule has 11 nitrogen and oxygen atoms in total. The van der Waals surface area contributed by atoms with Crippen molar-refractivity contribution in [2.75, 3.05) is 21.3 Å². The first kappa shape index (κ1) is 23.1. The molecule has 1 amide bonds. The standard InChI is InChI=1S/C27H21N7O4/c35-21-11-15-3-6-19(9-16(15)12-21)29-26-32-25(28-18-4-1-14(2-5-18)24(37)38)33-27(34-26)30-20-7-8-22-17(10-20)13-23(36)31-22/h1-10H,11-13H2,(H,31,36)(H,37,38)(H3,28,29,30,32,33,34)/p-1. The second-order valence-electron chi connectivity index (χ2n) is 9.02. The number of nitrogens with one attached hydrogen (secondary N) is 4. The zero-order valence-corrected chi connectivity index (χ0v) is 19.9. The third-order valence-corrected chi connectivity index (χ3v) is 6.24. The van der Waals surface area contributed by atoms with E-state index >= 15 is 0 Å². The van der Waals surface area contributed by atoms with Crippen molar-refractivity contribution in [3.8, 4) is 0 Å². The Bertz CT molecular complexity index is 1530. The quantitative estimate of drug-likeness (QED) is 0.293. The maximum Gasteiger partial charge on any atom is 0.233 e. The van der Waals surface area contributed by atoms with Gasteiger partial charge in [0.05, 0.1) is 12.4 Å². The van der Waals surface area contributed by atoms with Crippen molar-refractivity contribution in [2.45, 2.75) is 19.3 Å². The van der Waals surface area contributed by atoms with E-state index in [4.69, 9.17) is 0 Å². The van der Waals surface area contributed by atoms with Gasteiger partial charge in [-0.1, -0.05) is 18.2 Å². The van der Waals surface area contributed by atoms with Gasteiger partial charge >= 0.3 is 0 Å². The molecule has 0 fully saturated rings. The van der Waals surface area contributed by atoms with Crippen molar-refractivity contribution in [3.63, 3.8) is 0 Å². The second-order valence-corrected chi connectivity index (χ2v) is 9.02. The first-order chi connectivity index (χ1) is 18.4. The van der Waals surface area contributed by atoms with Gasteiger partial charge in [0.15, 0.2) is 0 Å². The number of nitrogens with zero attached hydrogens (tertiary/aromatic N) is 3. The van der Waals surface area contributed by atoms with Crippen LogP contribution in [0.3, 0.4) is 0 Å². The highest BCUT2D eigenvalue weighted by atomic mass is 16.4. The smallest absolute Gasteiger partial charge is 0.233 e. The van der Waals surface area contributed by atoms with E-state index in [0.29, 0.717) is 30.6 Å². The van der Waals surface area contributed by atoms with E-state index < -0.39 is 5.97 Å². The number of hydrogen-bond acceptors (Lipinski definition) is 10. The molecular formula is C27H20N7O4-. The number of carboxylic acid groups (broad SMARTS) is 1. The summed E-state index contributed by atoms with van der Waals surface area (Å²) in [5.74, 6) is -0.441. The van der Waals surface area contributed by atoms with Gasteiger partial charge in [0.25, 0.3) is 0 Å². The summed E-state index contributed by atoms with van der Waals surface area (Å²) in [7, 11) is 0. The van der Waals surface area contributed by atoms with Gasteiger partial charge in [0.1, 0.15) is 5.78 Å². The molecule has 1 aliphatic carbocycles. The fourth-order valence-corrected chi connectivity index (χ4v) is 4.46. The van der Waals surface area contributed by atoms with Crippen molar-refractivity contribution < 1.29 is 19.5 Å². The van der Waals surface area contributed by atoms with E-state index in [2.05, 4.69) is 36.2 Å². The molecule has 4 N–H and O–H groups in total. The summed E-state index contributed by atoms with van der Waals surface area (Å²) in [4.78, 5) is 48.0. The van der Waals surface area contributed by atoms with Crippen LogP contribution < -0.4 is 26.4 Å². The van der Waals surface area contributed by atoms with Gasteiger partial charge in [-0.05, 0) is 64.7 Å². The number of Topliss-reactive ketones (excluding diaryl/α,β-unsaturated/α-hetero) is 1. The molecule has 0 unspecified atom stereocenters. The van der Waals surface area contributed by atoms with Crippen molar-refractivity contribution >= 4 is 58.3 Å². The fourth-order valence-electron chi connectivity index (χ4n) is 4.46. The average molecular weight is 507 g/mol. The molecule has 188 valence electrons. The molecule has 0 saturated carbocycles. The Morgan fingerprint density at radius 1 is 0.684 bits per heavy atom. The van der Waals surface area contributed by atoms with Crippen LogP contribution in [0.15, 0.2) is 60.7 Å². The predicted octanol–water partition coefficient (Wildman–Crippen LogP) is 2.63. The summed E-state index contributed by atoms with van der Waals surface area (Å²) in [6, 6.07) is 17.2. The monoisotopic (exact) mass is 506 g/mol. The highest BCUT2D eigenvalue weighted by Crippen LogP contribution is 2.29. The van der Waals surface area contributed by atoms with E-state index in [0.717, 1.165) is 28.1 Å². The van der Waals surface area contributed by atoms with Crippen molar-refractivity contribution in [3.05, 3.63) is 82.9 Å². The van der Waals surface area contributed by atoms with Crippen LogP contribution in [0.2, 0.25) is 0 Å². The molecule has 1 aliphatic heterocycles. The van der Waals surface area contributed by atoms with Crippen molar-refractivity contribution in [1.29, 1.82) is 0 Å². The van der Waals surface area contributed by atoms with E-state index in [9.17, 15) is 19.5 Å². The number of benzene rings is 3. The largest absolute Gasteiger partial charge is 0.545 e. The zero-order valence-electron chi connectivity index (χ0n) is 19.9. The minimum atomic E-state index is -1.27. The van der Waals surface area contributed by atoms with Crippen LogP contribution in [-0.4, -0.2) is 32.6 Å². The Kier molecular flexibility index (Phi) is 5.64. The Morgan fingerprint density at radius 2 is 1.24 bits per heavy atom. The Labute approximate surface area is 216 Å². The molecule has 2 aliphatic rings. The topological polar surface area (TPSA) is 161 Å². The first-order valence-electron chi connectivity index (χ1n) is 11.8. The van der Waals surface area contributed by atoms with Crippen molar-refractivity contribution in [2.24, 2.45) is 0 Å². The normalized spacial score (nSPS) is 13.5. The van der Waals surface area contributed by atoms with Gasteiger partial charge in [0.2, 0.25) is 23.8 Å². The molecular weight excluding hydrogens is 486 g/mol. The Balaban J connectivity index is 1.30. The number of rotatable bonds is 7. The molecule has 6 rings (SSSR count). The summed E-state index contributed by atoms with van der Waals surface area (Å²) in [5.41, 5.74) is 5.67. The lowest BCUT2D eigenvalue weighted by atomic mass is 10.1. The summed E-state index contributed by atoms with van der Waals surface area (Å²) in [6.07, 6.45) is 1.14. The van der Waals surface area contributed by atoms with Gasteiger partial charge in [-0.25, -0.2) is 0 Å². The highest BCUT2D eigenvalue weighted by Gasteiger charge is 2.20. The van der Waals surface area contributed by atoms with Crippen LogP contribution >= 0.6 is 0 Å². The van der Waals surface area contributed by atoms with Gasteiger partial charge in [-0.2, -0.15) is 15.0 Å². The fraction of sp³-hybridized carbons (Fsp3) is 0.111. The van der Waals surface area contributed by atoms with Crippen LogP contribution in [0.5, 0.6) is 0 Å². The molecule has 3 aromatic carbocycles. The lowest BCUT2D eigenvalue weighted by Gasteiger charge is -2.13. The van der Waals surface area contributed by atoms with Gasteiger partial charge in [0, 0.05) is 35.6 Å². The number of aromatic carboxylic acids is 1. The number of carbonyl (C=O) groups is 3. The SMILES string of the molecule is O=C1Cc2ccc(Nc3nc(Nc4ccc(C(=O)[O-])cc4)nc(Nc4ccc5c(c4)CC(=O)N5)n3)cc2C1. The molecule has 11 heteroatoms. The number of hydrogen-bond donors (Lipinski definition) is 4. The molecule has 0 atom stereocenters. The first-order valence-corrected chi connectivity index (χ1v) is 11.8. The summed E-state index contributed by atoms with van der Waals surface area (Å²) in [6.45, 7) is 0. The number of anilines is 7. The molecule has 4 aromatic rings. The molecule has 38 heavy (non-hydrogen) atoms. The van der Waals surface area contributed by atoms with Gasteiger partial charge in [-0.3, -0.25) is 9.59 Å². The van der Waals surface area contributed by atoms with Crippen LogP contribution in [0, 0.1) is 0 Å². The molecule has 0 bridgehead atoms. The molecule has 0 spiro atoms. The number of aromatic nitrogens is 3. The lowest BCUT2D eigenvalue weighted by Crippen LogP contribution is -2.21. The number of fused-ring (bicyclic) bond motifs is 2. The maximum absolute atomic E-state index is 11.8. The maximum atomic E-state index is 11.8. The number of ketones is 1.